The van der Waals surface area contributed by atoms with Gasteiger partial charge in [0.05, 0.1) is 0 Å². The Labute approximate surface area is 330 Å². The fraction of sp³-hybridized carbons (Fsp3) is 0.475. The van der Waals surface area contributed by atoms with Crippen molar-refractivity contribution in [3.05, 3.63) is 66.2 Å². The lowest BCUT2D eigenvalue weighted by Gasteiger charge is -2.35. The van der Waals surface area contributed by atoms with E-state index in [4.69, 9.17) is 4.74 Å². The second kappa shape index (κ2) is 19.9. The van der Waals surface area contributed by atoms with E-state index in [1.54, 1.807) is 7.05 Å². The van der Waals surface area contributed by atoms with Crippen molar-refractivity contribution in [2.45, 2.75) is 89.4 Å². The molecule has 2 unspecified atom stereocenters. The number of hydrogen-bond acceptors (Lipinski definition) is 9. The molecule has 1 saturated carbocycles. The van der Waals surface area contributed by atoms with Crippen molar-refractivity contribution < 1.29 is 38.6 Å². The predicted octanol–water partition coefficient (Wildman–Crippen LogP) is 5.79. The molecule has 3 aromatic rings. The number of likely N-dealkylation sites (tertiary alicyclic amines) is 1. The third-order valence-corrected chi connectivity index (χ3v) is 11.2. The van der Waals surface area contributed by atoms with Crippen LogP contribution in [0.3, 0.4) is 0 Å². The molecule has 56 heavy (non-hydrogen) atoms. The lowest BCUT2D eigenvalue weighted by molar-refractivity contribution is -0.142. The molecule has 6 amide bonds. The standard InChI is InChI=1S/C40H51N7O8S/c1-26(46(3)39(52)53)34(49)42-33(29-19-11-6-12-20-29)37(51)47-24-13-21-30(47)35(50)44-36-32(28-17-9-5-10-18-28)43-38(56-36)41-31(48)22-14-23-45(2)40(54)55-25-27-15-7-4-8-16-27/h4-5,7-10,15-18,26,29-30,33H,6,11-14,19-25H2,1-3H3,(H,42,49)(H,44,50)(H,52,53)(H,41,43,48)/t26?,30-,33?/m0/s1. The zero-order valence-electron chi connectivity index (χ0n) is 32.1. The molecule has 5 rings (SSSR count). The number of rotatable bonds is 15. The van der Waals surface area contributed by atoms with E-state index in [1.807, 2.05) is 60.7 Å². The zero-order chi connectivity index (χ0) is 40.2. The Morgan fingerprint density at radius 2 is 1.61 bits per heavy atom. The highest BCUT2D eigenvalue weighted by molar-refractivity contribution is 7.20. The molecular weight excluding hydrogens is 739 g/mol. The van der Waals surface area contributed by atoms with Crippen LogP contribution in [0.15, 0.2) is 60.7 Å². The number of thiazole rings is 1. The van der Waals surface area contributed by atoms with Crippen molar-refractivity contribution in [2.75, 3.05) is 37.8 Å². The third kappa shape index (κ3) is 11.0. The molecule has 2 fully saturated rings. The van der Waals surface area contributed by atoms with Gasteiger partial charge in [-0.25, -0.2) is 14.6 Å². The molecule has 0 spiro atoms. The molecule has 1 saturated heterocycles. The van der Waals surface area contributed by atoms with Crippen LogP contribution < -0.4 is 16.0 Å². The zero-order valence-corrected chi connectivity index (χ0v) is 32.9. The quantitative estimate of drug-likeness (QED) is 0.148. The van der Waals surface area contributed by atoms with E-state index in [-0.39, 0.29) is 35.9 Å². The molecule has 15 nitrogen and oxygen atoms in total. The van der Waals surface area contributed by atoms with E-state index >= 15 is 0 Å². The lowest BCUT2D eigenvalue weighted by Crippen LogP contribution is -2.58. The number of ether oxygens (including phenoxy) is 1. The first-order valence-electron chi connectivity index (χ1n) is 19.1. The smallest absolute Gasteiger partial charge is 0.409 e. The highest BCUT2D eigenvalue weighted by atomic mass is 32.1. The van der Waals surface area contributed by atoms with Gasteiger partial charge in [0.25, 0.3) is 0 Å². The summed E-state index contributed by atoms with van der Waals surface area (Å²) >= 11 is 1.10. The van der Waals surface area contributed by atoms with Crippen molar-refractivity contribution in [2.24, 2.45) is 5.92 Å². The third-order valence-electron chi connectivity index (χ3n) is 10.4. The molecule has 0 bridgehead atoms. The van der Waals surface area contributed by atoms with Gasteiger partial charge in [-0.15, -0.1) is 0 Å². The number of nitrogens with zero attached hydrogens (tertiary/aromatic N) is 4. The van der Waals surface area contributed by atoms with Crippen molar-refractivity contribution in [3.8, 4) is 11.3 Å². The van der Waals surface area contributed by atoms with Gasteiger partial charge in [-0.2, -0.15) is 0 Å². The minimum absolute atomic E-state index is 0.113. The predicted molar refractivity (Wildman–Crippen MR) is 212 cm³/mol. The van der Waals surface area contributed by atoms with Gasteiger partial charge < -0.3 is 35.6 Å². The summed E-state index contributed by atoms with van der Waals surface area (Å²) in [5.41, 5.74) is 2.05. The van der Waals surface area contributed by atoms with E-state index in [0.29, 0.717) is 43.0 Å². The van der Waals surface area contributed by atoms with Crippen molar-refractivity contribution in [3.63, 3.8) is 0 Å². The van der Waals surface area contributed by atoms with Crippen molar-refractivity contribution in [1.29, 1.82) is 0 Å². The van der Waals surface area contributed by atoms with E-state index in [2.05, 4.69) is 20.9 Å². The molecule has 16 heteroatoms. The molecule has 3 atom stereocenters. The minimum Gasteiger partial charge on any atom is -0.465 e. The number of amides is 6. The molecular formula is C40H51N7O8S. The lowest BCUT2D eigenvalue weighted by atomic mass is 9.83. The van der Waals surface area contributed by atoms with Gasteiger partial charge in [-0.3, -0.25) is 24.1 Å². The first-order valence-corrected chi connectivity index (χ1v) is 19.9. The Bertz CT molecular complexity index is 1840. The summed E-state index contributed by atoms with van der Waals surface area (Å²) in [6.45, 7) is 2.25. The number of nitrogens with one attached hydrogen (secondary N) is 3. The summed E-state index contributed by atoms with van der Waals surface area (Å²) < 4.78 is 5.35. The second-order valence-electron chi connectivity index (χ2n) is 14.3. The number of aromatic nitrogens is 1. The van der Waals surface area contributed by atoms with Crippen LogP contribution in [0.4, 0.5) is 19.7 Å². The van der Waals surface area contributed by atoms with Gasteiger partial charge in [-0.1, -0.05) is 91.3 Å². The SMILES string of the molecule is CC(C(=O)NC(C(=O)N1CCC[C@H]1C(=O)Nc1sc(NC(=O)CCCN(C)C(=O)OCc2ccccc2)nc1-c1ccccc1)C1CCCCC1)N(C)C(=O)O. The van der Waals surface area contributed by atoms with Crippen LogP contribution >= 0.6 is 11.3 Å². The van der Waals surface area contributed by atoms with Crippen LogP contribution in [-0.2, 0) is 30.5 Å². The number of carboxylic acid groups (broad SMARTS) is 1. The van der Waals surface area contributed by atoms with Crippen molar-refractivity contribution >= 4 is 57.3 Å². The van der Waals surface area contributed by atoms with E-state index < -0.39 is 42.1 Å². The van der Waals surface area contributed by atoms with Crippen LogP contribution in [0, 0.1) is 5.92 Å². The van der Waals surface area contributed by atoms with Gasteiger partial charge in [0, 0.05) is 39.2 Å². The van der Waals surface area contributed by atoms with Gasteiger partial charge in [0.1, 0.15) is 35.4 Å². The number of likely N-dealkylation sites (N-methyl/N-ethyl adjacent to an activating group) is 1. The summed E-state index contributed by atoms with van der Waals surface area (Å²) in [5, 5.41) is 18.8. The van der Waals surface area contributed by atoms with Crippen LogP contribution in [-0.4, -0.2) is 106 Å². The van der Waals surface area contributed by atoms with E-state index in [1.165, 1.54) is 23.8 Å². The molecule has 1 aliphatic carbocycles. The Morgan fingerprint density at radius 1 is 0.929 bits per heavy atom. The van der Waals surface area contributed by atoms with E-state index in [9.17, 15) is 33.9 Å². The summed E-state index contributed by atoms with van der Waals surface area (Å²) in [6, 6.07) is 15.8. The number of carbonyl (C=O) groups is 6. The monoisotopic (exact) mass is 789 g/mol. The Kier molecular flexibility index (Phi) is 14.8. The van der Waals surface area contributed by atoms with Crippen LogP contribution in [0.5, 0.6) is 0 Å². The fourth-order valence-electron chi connectivity index (χ4n) is 6.97. The molecule has 4 N–H and O–H groups in total. The van der Waals surface area contributed by atoms with Gasteiger partial charge in [0.2, 0.25) is 23.6 Å². The first kappa shape index (κ1) is 41.6. The number of carbonyl (C=O) groups excluding carboxylic acids is 5. The first-order chi connectivity index (χ1) is 26.9. The Balaban J connectivity index is 1.23. The summed E-state index contributed by atoms with van der Waals surface area (Å²) in [7, 11) is 2.92. The molecule has 2 heterocycles. The average molecular weight is 790 g/mol. The number of hydrogen-bond donors (Lipinski definition) is 4. The molecule has 1 aliphatic heterocycles. The largest absolute Gasteiger partial charge is 0.465 e. The minimum atomic E-state index is -1.26. The highest BCUT2D eigenvalue weighted by Gasteiger charge is 2.42. The van der Waals surface area contributed by atoms with Gasteiger partial charge in [-0.05, 0) is 50.5 Å². The molecule has 300 valence electrons. The van der Waals surface area contributed by atoms with Crippen LogP contribution in [0.25, 0.3) is 11.3 Å². The summed E-state index contributed by atoms with van der Waals surface area (Å²) in [6.07, 6.45) is 4.07. The highest BCUT2D eigenvalue weighted by Crippen LogP contribution is 2.37. The van der Waals surface area contributed by atoms with Crippen molar-refractivity contribution in [1.82, 2.24) is 25.0 Å². The van der Waals surface area contributed by atoms with E-state index in [0.717, 1.165) is 59.5 Å². The van der Waals surface area contributed by atoms with Gasteiger partial charge >= 0.3 is 12.2 Å². The molecule has 0 radical (unpaired) electrons. The molecule has 2 aliphatic rings. The Hall–Kier alpha value is -5.51. The van der Waals surface area contributed by atoms with Crippen LogP contribution in [0.2, 0.25) is 0 Å². The number of benzene rings is 2. The fourth-order valence-corrected chi connectivity index (χ4v) is 7.88. The summed E-state index contributed by atoms with van der Waals surface area (Å²) in [4.78, 5) is 86.9. The van der Waals surface area contributed by atoms with Crippen LogP contribution in [0.1, 0.15) is 70.3 Å². The maximum absolute atomic E-state index is 14.3. The normalized spacial score (nSPS) is 16.6. The van der Waals surface area contributed by atoms with Gasteiger partial charge in [0.15, 0.2) is 5.13 Å². The topological polar surface area (TPSA) is 191 Å². The molecule has 2 aromatic carbocycles. The average Bonchev–Trinajstić information content (AvgIpc) is 3.86. The second-order valence-corrected chi connectivity index (χ2v) is 15.3. The Morgan fingerprint density at radius 3 is 2.29 bits per heavy atom. The number of anilines is 2. The maximum atomic E-state index is 14.3. The maximum Gasteiger partial charge on any atom is 0.409 e. The molecule has 1 aromatic heterocycles. The summed E-state index contributed by atoms with van der Waals surface area (Å²) in [5.74, 6) is -1.79.